The topological polar surface area (TPSA) is 35.5 Å². The Morgan fingerprint density at radius 2 is 1.74 bits per heavy atom. The molecule has 106 valence electrons. The van der Waals surface area contributed by atoms with Crippen LogP contribution >= 0.6 is 0 Å². The van der Waals surface area contributed by atoms with Crippen molar-refractivity contribution >= 4 is 5.78 Å². The maximum atomic E-state index is 11.5. The first-order valence-corrected chi connectivity index (χ1v) is 6.91. The lowest BCUT2D eigenvalue weighted by Gasteiger charge is -2.18. The summed E-state index contributed by atoms with van der Waals surface area (Å²) >= 11 is 0. The molecule has 0 fully saturated rings. The summed E-state index contributed by atoms with van der Waals surface area (Å²) in [6.07, 6.45) is 0.744. The van der Waals surface area contributed by atoms with Crippen LogP contribution in [0.1, 0.15) is 34.1 Å². The van der Waals surface area contributed by atoms with Gasteiger partial charge in [-0.1, -0.05) is 26.0 Å². The van der Waals surface area contributed by atoms with Gasteiger partial charge >= 0.3 is 0 Å². The monoisotopic (exact) mass is 264 g/mol. The maximum Gasteiger partial charge on any atom is 0.161 e. The summed E-state index contributed by atoms with van der Waals surface area (Å²) in [5.74, 6) is 2.16. The van der Waals surface area contributed by atoms with E-state index in [2.05, 4.69) is 13.8 Å². The van der Waals surface area contributed by atoms with Crippen LogP contribution in [0.3, 0.4) is 0 Å². The van der Waals surface area contributed by atoms with Crippen molar-refractivity contribution in [1.29, 1.82) is 0 Å². The van der Waals surface area contributed by atoms with Gasteiger partial charge in [-0.3, -0.25) is 4.79 Å². The number of para-hydroxylation sites is 2. The number of hydrogen-bond donors (Lipinski definition) is 0. The van der Waals surface area contributed by atoms with Crippen molar-refractivity contribution in [3.8, 4) is 11.5 Å². The number of Topliss-reactive ketones (excluding diaryl/α,β-unsaturated/α-hetero) is 1. The number of carbonyl (C=O) groups is 1. The Labute approximate surface area is 115 Å². The van der Waals surface area contributed by atoms with Gasteiger partial charge < -0.3 is 9.47 Å². The van der Waals surface area contributed by atoms with Crippen molar-refractivity contribution in [2.45, 2.75) is 34.1 Å². The largest absolute Gasteiger partial charge is 0.490 e. The minimum atomic E-state index is 0.0688. The zero-order valence-electron chi connectivity index (χ0n) is 12.3. The van der Waals surface area contributed by atoms with E-state index in [-0.39, 0.29) is 11.7 Å². The molecule has 0 saturated carbocycles. The fourth-order valence-corrected chi connectivity index (χ4v) is 2.15. The second kappa shape index (κ2) is 7.82. The molecule has 0 aliphatic carbocycles. The number of carbonyl (C=O) groups excluding carboxylic acids is 1. The lowest BCUT2D eigenvalue weighted by Crippen LogP contribution is -2.20. The molecule has 1 unspecified atom stereocenters. The van der Waals surface area contributed by atoms with Gasteiger partial charge in [-0.25, -0.2) is 0 Å². The zero-order chi connectivity index (χ0) is 14.3. The van der Waals surface area contributed by atoms with Gasteiger partial charge in [-0.05, 0) is 38.3 Å². The maximum absolute atomic E-state index is 11.5. The molecule has 0 bridgehead atoms. The predicted octanol–water partition coefficient (Wildman–Crippen LogP) is 3.72. The molecule has 3 heteroatoms. The van der Waals surface area contributed by atoms with Crippen LogP contribution in [0.15, 0.2) is 24.3 Å². The molecular weight excluding hydrogens is 240 g/mol. The molecule has 0 aliphatic rings. The van der Waals surface area contributed by atoms with Crippen molar-refractivity contribution in [3.05, 3.63) is 24.3 Å². The predicted molar refractivity (Wildman–Crippen MR) is 76.7 cm³/mol. The molecule has 1 rings (SSSR count). The molecule has 0 amide bonds. The van der Waals surface area contributed by atoms with Crippen LogP contribution in [0.4, 0.5) is 0 Å². The smallest absolute Gasteiger partial charge is 0.161 e. The summed E-state index contributed by atoms with van der Waals surface area (Å²) in [6, 6.07) is 7.62. The third-order valence-corrected chi connectivity index (χ3v) is 3.16. The molecule has 0 N–H and O–H groups in total. The van der Waals surface area contributed by atoms with E-state index in [9.17, 15) is 4.79 Å². The van der Waals surface area contributed by atoms with E-state index in [0.717, 1.165) is 17.9 Å². The van der Waals surface area contributed by atoms with E-state index >= 15 is 0 Å². The van der Waals surface area contributed by atoms with E-state index in [1.54, 1.807) is 6.92 Å². The van der Waals surface area contributed by atoms with Crippen LogP contribution in [-0.2, 0) is 4.79 Å². The zero-order valence-corrected chi connectivity index (χ0v) is 12.3. The van der Waals surface area contributed by atoms with Crippen molar-refractivity contribution in [1.82, 2.24) is 0 Å². The summed E-state index contributed by atoms with van der Waals surface area (Å²) in [7, 11) is 0. The summed E-state index contributed by atoms with van der Waals surface area (Å²) in [5, 5.41) is 0. The first kappa shape index (κ1) is 15.5. The Morgan fingerprint density at radius 3 is 2.21 bits per heavy atom. The normalized spacial score (nSPS) is 12.3. The number of ether oxygens (including phenoxy) is 2. The van der Waals surface area contributed by atoms with Crippen molar-refractivity contribution in [3.63, 3.8) is 0 Å². The molecule has 3 nitrogen and oxygen atoms in total. The number of rotatable bonds is 8. The Bertz CT molecular complexity index is 399. The lowest BCUT2D eigenvalue weighted by molar-refractivity contribution is -0.122. The van der Waals surface area contributed by atoms with Gasteiger partial charge in [-0.2, -0.15) is 0 Å². The van der Waals surface area contributed by atoms with Gasteiger partial charge in [0.15, 0.2) is 11.5 Å². The molecule has 0 aliphatic heterocycles. The van der Waals surface area contributed by atoms with Crippen LogP contribution in [0.2, 0.25) is 0 Å². The van der Waals surface area contributed by atoms with Gasteiger partial charge in [0.05, 0.1) is 13.2 Å². The Hall–Kier alpha value is -1.51. The Balaban J connectivity index is 2.55. The van der Waals surface area contributed by atoms with E-state index in [1.807, 2.05) is 31.2 Å². The summed E-state index contributed by atoms with van der Waals surface area (Å²) < 4.78 is 11.2. The average Bonchev–Trinajstić information content (AvgIpc) is 2.35. The van der Waals surface area contributed by atoms with Crippen LogP contribution < -0.4 is 9.47 Å². The van der Waals surface area contributed by atoms with Crippen LogP contribution in [0.5, 0.6) is 11.5 Å². The second-order valence-corrected chi connectivity index (χ2v) is 4.98. The molecule has 19 heavy (non-hydrogen) atoms. The molecule has 1 atom stereocenters. The van der Waals surface area contributed by atoms with Crippen LogP contribution in [-0.4, -0.2) is 19.0 Å². The van der Waals surface area contributed by atoms with E-state index < -0.39 is 0 Å². The lowest BCUT2D eigenvalue weighted by atomic mass is 9.89. The van der Waals surface area contributed by atoms with Crippen LogP contribution in [0, 0.1) is 11.8 Å². The molecule has 1 aromatic rings. The minimum Gasteiger partial charge on any atom is -0.490 e. The number of benzene rings is 1. The quantitative estimate of drug-likeness (QED) is 0.718. The molecule has 1 aromatic carbocycles. The Morgan fingerprint density at radius 1 is 1.16 bits per heavy atom. The molecular formula is C16H24O3. The first-order valence-electron chi connectivity index (χ1n) is 6.91. The highest BCUT2D eigenvalue weighted by molar-refractivity contribution is 5.78. The molecule has 0 heterocycles. The first-order chi connectivity index (χ1) is 9.06. The van der Waals surface area contributed by atoms with Gasteiger partial charge in [0.1, 0.15) is 5.78 Å². The number of hydrogen-bond acceptors (Lipinski definition) is 3. The highest BCUT2D eigenvalue weighted by atomic mass is 16.5. The third-order valence-electron chi connectivity index (χ3n) is 3.16. The van der Waals surface area contributed by atoms with Crippen molar-refractivity contribution < 1.29 is 14.3 Å². The summed E-state index contributed by atoms with van der Waals surface area (Å²) in [4.78, 5) is 11.5. The van der Waals surface area contributed by atoms with Crippen molar-refractivity contribution in [2.75, 3.05) is 13.2 Å². The van der Waals surface area contributed by atoms with Gasteiger partial charge in [0, 0.05) is 5.92 Å². The average molecular weight is 264 g/mol. The van der Waals surface area contributed by atoms with Gasteiger partial charge in [-0.15, -0.1) is 0 Å². The van der Waals surface area contributed by atoms with E-state index in [4.69, 9.17) is 9.47 Å². The molecule has 0 spiro atoms. The van der Waals surface area contributed by atoms with Gasteiger partial charge in [0.25, 0.3) is 0 Å². The van der Waals surface area contributed by atoms with E-state index in [1.165, 1.54) is 0 Å². The molecule has 0 saturated heterocycles. The van der Waals surface area contributed by atoms with Crippen molar-refractivity contribution in [2.24, 2.45) is 11.8 Å². The highest BCUT2D eigenvalue weighted by Gasteiger charge is 2.18. The standard InChI is InChI=1S/C16H24O3/c1-5-18-15-8-6-7-9-16(15)19-11-10-14(12(2)3)13(4)17/h6-9,12,14H,5,10-11H2,1-4H3. The summed E-state index contributed by atoms with van der Waals surface area (Å²) in [5.41, 5.74) is 0. The summed E-state index contributed by atoms with van der Waals surface area (Å²) in [6.45, 7) is 8.88. The SMILES string of the molecule is CCOc1ccccc1OCCC(C(C)=O)C(C)C. The fraction of sp³-hybridized carbons (Fsp3) is 0.562. The highest BCUT2D eigenvalue weighted by Crippen LogP contribution is 2.27. The fourth-order valence-electron chi connectivity index (χ4n) is 2.15. The minimum absolute atomic E-state index is 0.0688. The third kappa shape index (κ3) is 4.93. The molecule has 0 aromatic heterocycles. The molecule has 0 radical (unpaired) electrons. The van der Waals surface area contributed by atoms with Gasteiger partial charge in [0.2, 0.25) is 0 Å². The Kier molecular flexibility index (Phi) is 6.40. The second-order valence-electron chi connectivity index (χ2n) is 4.98. The number of ketones is 1. The van der Waals surface area contributed by atoms with Crippen LogP contribution in [0.25, 0.3) is 0 Å². The van der Waals surface area contributed by atoms with E-state index in [0.29, 0.717) is 19.1 Å².